The molecule has 0 saturated heterocycles. The lowest BCUT2D eigenvalue weighted by Crippen LogP contribution is -1.93. The predicted octanol–water partition coefficient (Wildman–Crippen LogP) is 2.01. The third-order valence-electron chi connectivity index (χ3n) is 1.10. The van der Waals surface area contributed by atoms with E-state index in [1.54, 1.807) is 0 Å². The van der Waals surface area contributed by atoms with Crippen molar-refractivity contribution in [2.24, 2.45) is 0 Å². The minimum absolute atomic E-state index is 0.205. The number of rotatable bonds is 2. The normalized spacial score (nSPS) is 9.75. The van der Waals surface area contributed by atoms with E-state index in [1.165, 1.54) is 0 Å². The van der Waals surface area contributed by atoms with Crippen LogP contribution in [-0.2, 0) is 0 Å². The van der Waals surface area contributed by atoms with Crippen molar-refractivity contribution in [1.29, 1.82) is 0 Å². The summed E-state index contributed by atoms with van der Waals surface area (Å²) in [5.41, 5.74) is -0.362. The molecule has 1 aromatic rings. The summed E-state index contributed by atoms with van der Waals surface area (Å²) in [5, 5.41) is 19.5. The van der Waals surface area contributed by atoms with Crippen molar-refractivity contribution < 1.29 is 14.8 Å². The Morgan fingerprint density at radius 3 is 2.58 bits per heavy atom. The molecule has 0 aromatic carbocycles. The van der Waals surface area contributed by atoms with Crippen LogP contribution in [0.15, 0.2) is 5.38 Å². The van der Waals surface area contributed by atoms with E-state index in [9.17, 15) is 14.9 Å². The molecule has 1 rings (SSSR count). The summed E-state index contributed by atoms with van der Waals surface area (Å²) in [5.74, 6) is -1.25. The van der Waals surface area contributed by atoms with Gasteiger partial charge in [-0.1, -0.05) is 11.6 Å². The molecule has 64 valence electrons. The number of carboxylic acid groups (broad SMARTS) is 1. The van der Waals surface area contributed by atoms with Gasteiger partial charge < -0.3 is 5.11 Å². The molecular weight excluding hydrogens is 206 g/mol. The SMILES string of the molecule is O=C(O)c1scc([N+](=O)[O-])c1Cl. The highest BCUT2D eigenvalue weighted by atomic mass is 35.5. The molecule has 0 radical (unpaired) electrons. The van der Waals surface area contributed by atoms with Crippen LogP contribution in [0.3, 0.4) is 0 Å². The lowest BCUT2D eigenvalue weighted by molar-refractivity contribution is -0.384. The first kappa shape index (κ1) is 8.95. The number of thiophene rings is 1. The monoisotopic (exact) mass is 207 g/mol. The van der Waals surface area contributed by atoms with Gasteiger partial charge in [-0.05, 0) is 0 Å². The largest absolute Gasteiger partial charge is 0.477 e. The van der Waals surface area contributed by atoms with Crippen LogP contribution in [0.25, 0.3) is 0 Å². The number of hydrogen-bond acceptors (Lipinski definition) is 4. The predicted molar refractivity (Wildman–Crippen MR) is 42.9 cm³/mol. The highest BCUT2D eigenvalue weighted by Crippen LogP contribution is 2.33. The van der Waals surface area contributed by atoms with Crippen LogP contribution in [0, 0.1) is 10.1 Å². The van der Waals surface area contributed by atoms with Crippen molar-refractivity contribution in [2.75, 3.05) is 0 Å². The molecule has 0 amide bonds. The molecule has 5 nitrogen and oxygen atoms in total. The van der Waals surface area contributed by atoms with Gasteiger partial charge in [0.2, 0.25) is 0 Å². The Labute approximate surface area is 75.3 Å². The van der Waals surface area contributed by atoms with Gasteiger partial charge in [0.15, 0.2) is 0 Å². The number of halogens is 1. The Bertz CT molecular complexity index is 316. The summed E-state index contributed by atoms with van der Waals surface area (Å²) in [6, 6.07) is 0. The fraction of sp³-hybridized carbons (Fsp3) is 0. The van der Waals surface area contributed by atoms with E-state index < -0.39 is 10.9 Å². The molecule has 7 heteroatoms. The second-order valence-electron chi connectivity index (χ2n) is 1.83. The molecule has 12 heavy (non-hydrogen) atoms. The minimum Gasteiger partial charge on any atom is -0.477 e. The molecule has 0 fully saturated rings. The van der Waals surface area contributed by atoms with Gasteiger partial charge >= 0.3 is 5.97 Å². The lowest BCUT2D eigenvalue weighted by Gasteiger charge is -1.87. The molecule has 0 saturated carbocycles. The maximum atomic E-state index is 10.4. The lowest BCUT2D eigenvalue weighted by atomic mass is 10.4. The molecule has 0 aliphatic carbocycles. The van der Waals surface area contributed by atoms with Gasteiger partial charge in [0.05, 0.1) is 10.3 Å². The Morgan fingerprint density at radius 1 is 1.75 bits per heavy atom. The number of hydrogen-bond donors (Lipinski definition) is 1. The molecule has 0 atom stereocenters. The van der Waals surface area contributed by atoms with Crippen molar-refractivity contribution in [2.45, 2.75) is 0 Å². The number of nitro groups is 1. The van der Waals surface area contributed by atoms with Crippen LogP contribution in [0.5, 0.6) is 0 Å². The van der Waals surface area contributed by atoms with Crippen molar-refractivity contribution in [3.63, 3.8) is 0 Å². The van der Waals surface area contributed by atoms with E-state index in [2.05, 4.69) is 0 Å². The maximum absolute atomic E-state index is 10.4. The maximum Gasteiger partial charge on any atom is 0.347 e. The zero-order valence-electron chi connectivity index (χ0n) is 5.48. The van der Waals surface area contributed by atoms with Gasteiger partial charge in [0.1, 0.15) is 9.90 Å². The van der Waals surface area contributed by atoms with E-state index in [0.717, 1.165) is 16.7 Å². The molecule has 0 bridgehead atoms. The first-order valence-electron chi connectivity index (χ1n) is 2.68. The quantitative estimate of drug-likeness (QED) is 0.594. The van der Waals surface area contributed by atoms with Gasteiger partial charge in [0.25, 0.3) is 5.69 Å². The summed E-state index contributed by atoms with van der Waals surface area (Å²) in [4.78, 5) is 19.6. The smallest absolute Gasteiger partial charge is 0.347 e. The van der Waals surface area contributed by atoms with E-state index in [4.69, 9.17) is 16.7 Å². The average molecular weight is 208 g/mol. The third-order valence-corrected chi connectivity index (χ3v) is 2.55. The summed E-state index contributed by atoms with van der Waals surface area (Å²) >= 11 is 6.14. The van der Waals surface area contributed by atoms with Crippen LogP contribution < -0.4 is 0 Å². The number of carbonyl (C=O) groups is 1. The molecule has 0 unspecified atom stereocenters. The van der Waals surface area contributed by atoms with Crippen molar-refractivity contribution in [1.82, 2.24) is 0 Å². The van der Waals surface area contributed by atoms with Crippen LogP contribution in [0.2, 0.25) is 5.02 Å². The molecule has 0 aliphatic rings. The van der Waals surface area contributed by atoms with Gasteiger partial charge in [-0.3, -0.25) is 10.1 Å². The number of carboxylic acids is 1. The fourth-order valence-electron chi connectivity index (χ4n) is 0.602. The fourth-order valence-corrected chi connectivity index (χ4v) is 1.75. The highest BCUT2D eigenvalue weighted by molar-refractivity contribution is 7.13. The van der Waals surface area contributed by atoms with Gasteiger partial charge in [-0.2, -0.15) is 0 Å². The van der Waals surface area contributed by atoms with Gasteiger partial charge in [-0.25, -0.2) is 4.79 Å². The average Bonchev–Trinajstić information content (AvgIpc) is 2.30. The van der Waals surface area contributed by atoms with Crippen LogP contribution in [-0.4, -0.2) is 16.0 Å². The van der Waals surface area contributed by atoms with Crippen molar-refractivity contribution in [3.8, 4) is 0 Å². The Morgan fingerprint density at radius 2 is 2.33 bits per heavy atom. The standard InChI is InChI=1S/C5H2ClNO4S/c6-3-2(7(10)11)1-12-4(3)5(8)9/h1H,(H,8,9). The second kappa shape index (κ2) is 3.08. The Balaban J connectivity index is 3.22. The Kier molecular flexibility index (Phi) is 2.30. The molecule has 0 spiro atoms. The first-order chi connectivity index (χ1) is 5.54. The highest BCUT2D eigenvalue weighted by Gasteiger charge is 2.22. The van der Waals surface area contributed by atoms with Crippen LogP contribution in [0.4, 0.5) is 5.69 Å². The zero-order chi connectivity index (χ0) is 9.30. The third kappa shape index (κ3) is 1.39. The first-order valence-corrected chi connectivity index (χ1v) is 3.94. The molecule has 1 heterocycles. The summed E-state index contributed by atoms with van der Waals surface area (Å²) in [6.07, 6.45) is 0. The van der Waals surface area contributed by atoms with E-state index in [-0.39, 0.29) is 15.6 Å². The Hall–Kier alpha value is -1.14. The zero-order valence-corrected chi connectivity index (χ0v) is 7.06. The molecule has 0 aliphatic heterocycles. The summed E-state index contributed by atoms with van der Waals surface area (Å²) in [7, 11) is 0. The van der Waals surface area contributed by atoms with Gasteiger partial charge in [-0.15, -0.1) is 11.3 Å². The van der Waals surface area contributed by atoms with Crippen molar-refractivity contribution in [3.05, 3.63) is 25.4 Å². The summed E-state index contributed by atoms with van der Waals surface area (Å²) in [6.45, 7) is 0. The molecule has 1 aromatic heterocycles. The van der Waals surface area contributed by atoms with E-state index in [1.807, 2.05) is 0 Å². The van der Waals surface area contributed by atoms with E-state index >= 15 is 0 Å². The number of aromatic carboxylic acids is 1. The van der Waals surface area contributed by atoms with E-state index in [0.29, 0.717) is 0 Å². The molecule has 1 N–H and O–H groups in total. The number of nitrogens with zero attached hydrogens (tertiary/aromatic N) is 1. The van der Waals surface area contributed by atoms with Gasteiger partial charge in [0, 0.05) is 0 Å². The minimum atomic E-state index is -1.25. The molecular formula is C5H2ClNO4S. The summed E-state index contributed by atoms with van der Waals surface area (Å²) < 4.78 is 0. The second-order valence-corrected chi connectivity index (χ2v) is 3.08. The van der Waals surface area contributed by atoms with Crippen molar-refractivity contribution >= 4 is 34.6 Å². The topological polar surface area (TPSA) is 80.4 Å². The van der Waals surface area contributed by atoms with Crippen LogP contribution >= 0.6 is 22.9 Å². The van der Waals surface area contributed by atoms with Crippen LogP contribution in [0.1, 0.15) is 9.67 Å².